The first-order valence-corrected chi connectivity index (χ1v) is 10.0. The van der Waals surface area contributed by atoms with Gasteiger partial charge in [0.15, 0.2) is 5.78 Å². The van der Waals surface area contributed by atoms with Gasteiger partial charge in [-0.1, -0.05) is 47.5 Å². The summed E-state index contributed by atoms with van der Waals surface area (Å²) >= 11 is 11.9. The van der Waals surface area contributed by atoms with Crippen molar-refractivity contribution in [3.05, 3.63) is 105 Å². The molecular weight excluding hydrogens is 407 g/mol. The highest BCUT2D eigenvalue weighted by Gasteiger charge is 2.19. The van der Waals surface area contributed by atoms with Gasteiger partial charge in [0.25, 0.3) is 0 Å². The SMILES string of the molecule is O=C(O)c1cccc(C(CCc2ccc(Cl)cc2)CC(=O)c2ccc(Cl)cc2)c1. The standard InChI is InChI=1S/C24H20Cl2O3/c25-21-10-5-16(6-11-21)4-7-19(18-2-1-3-20(14-18)24(28)29)15-23(27)17-8-12-22(26)13-9-17/h1-3,5-6,8-14,19H,4,7,15H2,(H,28,29). The minimum Gasteiger partial charge on any atom is -0.478 e. The lowest BCUT2D eigenvalue weighted by atomic mass is 9.86. The highest BCUT2D eigenvalue weighted by molar-refractivity contribution is 6.30. The molecule has 0 saturated carbocycles. The Balaban J connectivity index is 1.82. The number of carboxylic acid groups (broad SMARTS) is 1. The van der Waals surface area contributed by atoms with Crippen molar-refractivity contribution in [3.63, 3.8) is 0 Å². The van der Waals surface area contributed by atoms with Crippen molar-refractivity contribution in [1.29, 1.82) is 0 Å². The van der Waals surface area contributed by atoms with E-state index < -0.39 is 5.97 Å². The topological polar surface area (TPSA) is 54.4 Å². The van der Waals surface area contributed by atoms with Crippen molar-refractivity contribution in [2.75, 3.05) is 0 Å². The molecule has 0 bridgehead atoms. The van der Waals surface area contributed by atoms with Crippen LogP contribution in [0.15, 0.2) is 72.8 Å². The number of hydrogen-bond donors (Lipinski definition) is 1. The molecule has 0 aromatic heterocycles. The number of aromatic carboxylic acids is 1. The summed E-state index contributed by atoms with van der Waals surface area (Å²) < 4.78 is 0. The zero-order chi connectivity index (χ0) is 20.8. The van der Waals surface area contributed by atoms with E-state index in [2.05, 4.69) is 0 Å². The maximum absolute atomic E-state index is 12.8. The molecule has 0 aliphatic heterocycles. The molecule has 29 heavy (non-hydrogen) atoms. The number of hydrogen-bond acceptors (Lipinski definition) is 2. The van der Waals surface area contributed by atoms with Gasteiger partial charge >= 0.3 is 5.97 Å². The zero-order valence-electron chi connectivity index (χ0n) is 15.6. The van der Waals surface area contributed by atoms with Crippen molar-refractivity contribution in [2.24, 2.45) is 0 Å². The first-order valence-electron chi connectivity index (χ1n) is 9.29. The molecule has 3 nitrogen and oxygen atoms in total. The second kappa shape index (κ2) is 9.73. The Labute approximate surface area is 179 Å². The maximum Gasteiger partial charge on any atom is 0.335 e. The van der Waals surface area contributed by atoms with Crippen LogP contribution in [0.25, 0.3) is 0 Å². The second-order valence-corrected chi connectivity index (χ2v) is 7.80. The van der Waals surface area contributed by atoms with E-state index in [0.29, 0.717) is 22.0 Å². The van der Waals surface area contributed by atoms with Gasteiger partial charge in [-0.15, -0.1) is 0 Å². The molecule has 3 aromatic carbocycles. The van der Waals surface area contributed by atoms with Crippen LogP contribution in [0, 0.1) is 0 Å². The number of aryl methyl sites for hydroxylation is 1. The summed E-state index contributed by atoms with van der Waals surface area (Å²) in [7, 11) is 0. The van der Waals surface area contributed by atoms with E-state index in [-0.39, 0.29) is 23.7 Å². The van der Waals surface area contributed by atoms with Crippen LogP contribution in [-0.2, 0) is 6.42 Å². The molecule has 0 aliphatic rings. The molecule has 0 fully saturated rings. The van der Waals surface area contributed by atoms with Gasteiger partial charge in [0.1, 0.15) is 0 Å². The predicted molar refractivity (Wildman–Crippen MR) is 116 cm³/mol. The van der Waals surface area contributed by atoms with Crippen molar-refractivity contribution in [3.8, 4) is 0 Å². The fourth-order valence-corrected chi connectivity index (χ4v) is 3.53. The zero-order valence-corrected chi connectivity index (χ0v) is 17.2. The lowest BCUT2D eigenvalue weighted by Crippen LogP contribution is -2.10. The molecule has 0 aliphatic carbocycles. The Kier molecular flexibility index (Phi) is 7.08. The number of carbonyl (C=O) groups excluding carboxylic acids is 1. The summed E-state index contributed by atoms with van der Waals surface area (Å²) in [6.07, 6.45) is 1.76. The quantitative estimate of drug-likeness (QED) is 0.408. The van der Waals surface area contributed by atoms with Crippen LogP contribution in [0.3, 0.4) is 0 Å². The molecular formula is C24H20Cl2O3. The van der Waals surface area contributed by atoms with E-state index in [1.54, 1.807) is 42.5 Å². The largest absolute Gasteiger partial charge is 0.478 e. The Morgan fingerprint density at radius 2 is 1.45 bits per heavy atom. The number of ketones is 1. The average Bonchev–Trinajstić information content (AvgIpc) is 2.72. The Morgan fingerprint density at radius 3 is 2.07 bits per heavy atom. The van der Waals surface area contributed by atoms with Crippen LogP contribution in [0.1, 0.15) is 50.6 Å². The summed E-state index contributed by atoms with van der Waals surface area (Å²) in [5.74, 6) is -1.08. The van der Waals surface area contributed by atoms with Crippen molar-refractivity contribution >= 4 is 35.0 Å². The smallest absolute Gasteiger partial charge is 0.335 e. The fraction of sp³-hybridized carbons (Fsp3) is 0.167. The second-order valence-electron chi connectivity index (χ2n) is 6.93. The number of benzene rings is 3. The van der Waals surface area contributed by atoms with E-state index in [1.807, 2.05) is 30.3 Å². The summed E-state index contributed by atoms with van der Waals surface area (Å²) in [5.41, 5.74) is 2.78. The molecule has 1 unspecified atom stereocenters. The highest BCUT2D eigenvalue weighted by Crippen LogP contribution is 2.28. The highest BCUT2D eigenvalue weighted by atomic mass is 35.5. The van der Waals surface area contributed by atoms with Crippen LogP contribution < -0.4 is 0 Å². The van der Waals surface area contributed by atoms with Gasteiger partial charge in [0, 0.05) is 22.0 Å². The predicted octanol–water partition coefficient (Wildman–Crippen LogP) is 6.68. The van der Waals surface area contributed by atoms with Gasteiger partial charge in [-0.2, -0.15) is 0 Å². The van der Waals surface area contributed by atoms with Crippen LogP contribution in [0.4, 0.5) is 0 Å². The maximum atomic E-state index is 12.8. The van der Waals surface area contributed by atoms with Gasteiger partial charge in [0.05, 0.1) is 5.56 Å². The number of rotatable bonds is 8. The van der Waals surface area contributed by atoms with E-state index >= 15 is 0 Å². The molecule has 5 heteroatoms. The fourth-order valence-electron chi connectivity index (χ4n) is 3.28. The minimum atomic E-state index is -0.979. The van der Waals surface area contributed by atoms with Gasteiger partial charge in [-0.25, -0.2) is 4.79 Å². The molecule has 0 amide bonds. The van der Waals surface area contributed by atoms with E-state index in [9.17, 15) is 14.7 Å². The van der Waals surface area contributed by atoms with Crippen molar-refractivity contribution < 1.29 is 14.7 Å². The van der Waals surface area contributed by atoms with Crippen LogP contribution in [-0.4, -0.2) is 16.9 Å². The monoisotopic (exact) mass is 426 g/mol. The van der Waals surface area contributed by atoms with Gasteiger partial charge in [0.2, 0.25) is 0 Å². The van der Waals surface area contributed by atoms with Crippen molar-refractivity contribution in [2.45, 2.75) is 25.2 Å². The third-order valence-electron chi connectivity index (χ3n) is 4.90. The number of halogens is 2. The molecule has 3 rings (SSSR count). The van der Waals surface area contributed by atoms with Gasteiger partial charge in [-0.3, -0.25) is 4.79 Å². The molecule has 0 spiro atoms. The minimum absolute atomic E-state index is 0.00324. The summed E-state index contributed by atoms with van der Waals surface area (Å²) in [5, 5.41) is 10.6. The summed E-state index contributed by atoms with van der Waals surface area (Å²) in [4.78, 5) is 24.2. The summed E-state index contributed by atoms with van der Waals surface area (Å²) in [6, 6.07) is 21.3. The van der Waals surface area contributed by atoms with E-state index in [0.717, 1.165) is 17.5 Å². The molecule has 0 saturated heterocycles. The number of carboxylic acids is 1. The molecule has 3 aromatic rings. The third-order valence-corrected chi connectivity index (χ3v) is 5.40. The molecule has 0 heterocycles. The van der Waals surface area contributed by atoms with E-state index in [4.69, 9.17) is 23.2 Å². The summed E-state index contributed by atoms with van der Waals surface area (Å²) in [6.45, 7) is 0. The first kappa shape index (κ1) is 21.1. The lowest BCUT2D eigenvalue weighted by molar-refractivity contribution is 0.0696. The Hall–Kier alpha value is -2.62. The molecule has 0 radical (unpaired) electrons. The van der Waals surface area contributed by atoms with Crippen LogP contribution in [0.5, 0.6) is 0 Å². The van der Waals surface area contributed by atoms with E-state index in [1.165, 1.54) is 0 Å². The Bertz CT molecular complexity index is 995. The average molecular weight is 427 g/mol. The third kappa shape index (κ3) is 5.93. The van der Waals surface area contributed by atoms with Crippen molar-refractivity contribution in [1.82, 2.24) is 0 Å². The number of carbonyl (C=O) groups is 2. The van der Waals surface area contributed by atoms with Gasteiger partial charge in [-0.05, 0) is 78.4 Å². The lowest BCUT2D eigenvalue weighted by Gasteiger charge is -2.18. The first-order chi connectivity index (χ1) is 13.9. The van der Waals surface area contributed by atoms with Gasteiger partial charge < -0.3 is 5.11 Å². The normalized spacial score (nSPS) is 11.8. The van der Waals surface area contributed by atoms with Crippen LogP contribution >= 0.6 is 23.2 Å². The molecule has 148 valence electrons. The molecule has 1 N–H and O–H groups in total. The molecule has 1 atom stereocenters. The Morgan fingerprint density at radius 1 is 0.828 bits per heavy atom. The number of Topliss-reactive ketones (excluding diaryl/α,β-unsaturated/α-hetero) is 1. The van der Waals surface area contributed by atoms with Crippen LogP contribution in [0.2, 0.25) is 10.0 Å².